The topological polar surface area (TPSA) is 59.1 Å². The van der Waals surface area contributed by atoms with E-state index in [1.807, 2.05) is 36.5 Å². The molecule has 1 amide bonds. The summed E-state index contributed by atoms with van der Waals surface area (Å²) in [6, 6.07) is 13.1. The fraction of sp³-hybridized carbons (Fsp3) is 0.316. The first kappa shape index (κ1) is 16.9. The molecule has 0 aliphatic rings. The highest BCUT2D eigenvalue weighted by Crippen LogP contribution is 2.06. The van der Waals surface area contributed by atoms with Crippen molar-refractivity contribution in [1.82, 2.24) is 10.3 Å². The summed E-state index contributed by atoms with van der Waals surface area (Å²) in [5.74, 6) is 0.104. The van der Waals surface area contributed by atoms with Crippen LogP contribution in [0.1, 0.15) is 41.6 Å². The molecular formula is C19H22N2O2. The third-order valence-electron chi connectivity index (χ3n) is 3.59. The Morgan fingerprint density at radius 3 is 2.52 bits per heavy atom. The van der Waals surface area contributed by atoms with Crippen molar-refractivity contribution in [1.29, 1.82) is 0 Å². The monoisotopic (exact) mass is 310 g/mol. The summed E-state index contributed by atoms with van der Waals surface area (Å²) >= 11 is 0. The number of amides is 1. The third kappa shape index (κ3) is 6.43. The van der Waals surface area contributed by atoms with Crippen LogP contribution >= 0.6 is 0 Å². The fourth-order valence-electron chi connectivity index (χ4n) is 2.33. The summed E-state index contributed by atoms with van der Waals surface area (Å²) in [5.41, 5.74) is 1.89. The number of nitrogens with one attached hydrogen (secondary N) is 1. The zero-order chi connectivity index (χ0) is 16.3. The van der Waals surface area contributed by atoms with Crippen molar-refractivity contribution < 1.29 is 9.59 Å². The maximum Gasteiger partial charge on any atom is 0.220 e. The molecule has 2 aromatic rings. The van der Waals surface area contributed by atoms with Crippen LogP contribution in [0.4, 0.5) is 0 Å². The number of nitrogens with zero attached hydrogens (tertiary/aromatic N) is 1. The summed E-state index contributed by atoms with van der Waals surface area (Å²) in [4.78, 5) is 27.7. The number of aromatic nitrogens is 1. The number of Topliss-reactive ketones (excluding diaryl/α,β-unsaturated/α-hetero) is 1. The van der Waals surface area contributed by atoms with Crippen molar-refractivity contribution in [2.75, 3.05) is 6.54 Å². The largest absolute Gasteiger partial charge is 0.356 e. The highest BCUT2D eigenvalue weighted by molar-refractivity contribution is 5.96. The molecule has 0 saturated carbocycles. The van der Waals surface area contributed by atoms with Crippen molar-refractivity contribution in [3.05, 3.63) is 66.0 Å². The van der Waals surface area contributed by atoms with Crippen LogP contribution in [0, 0.1) is 0 Å². The molecule has 1 aromatic heterocycles. The van der Waals surface area contributed by atoms with Crippen LogP contribution < -0.4 is 5.32 Å². The van der Waals surface area contributed by atoms with Crippen LogP contribution in [0.5, 0.6) is 0 Å². The minimum atomic E-state index is 0.0112. The zero-order valence-corrected chi connectivity index (χ0v) is 13.2. The molecule has 0 aliphatic carbocycles. The van der Waals surface area contributed by atoms with Crippen LogP contribution in [-0.4, -0.2) is 23.2 Å². The molecule has 0 bridgehead atoms. The molecule has 1 aromatic carbocycles. The van der Waals surface area contributed by atoms with Gasteiger partial charge in [-0.2, -0.15) is 0 Å². The second-order valence-corrected chi connectivity index (χ2v) is 5.46. The predicted molar refractivity (Wildman–Crippen MR) is 90.2 cm³/mol. The number of aryl methyl sites for hydroxylation is 1. The summed E-state index contributed by atoms with van der Waals surface area (Å²) in [5, 5.41) is 2.90. The minimum Gasteiger partial charge on any atom is -0.356 e. The Bertz CT molecular complexity index is 612. The smallest absolute Gasteiger partial charge is 0.220 e. The van der Waals surface area contributed by atoms with Gasteiger partial charge in [-0.25, -0.2) is 0 Å². The fourth-order valence-corrected chi connectivity index (χ4v) is 2.33. The molecular weight excluding hydrogens is 288 g/mol. The van der Waals surface area contributed by atoms with Crippen molar-refractivity contribution >= 4 is 11.7 Å². The number of carbonyl (C=O) groups is 2. The van der Waals surface area contributed by atoms with Crippen molar-refractivity contribution in [2.45, 2.75) is 32.1 Å². The first-order chi connectivity index (χ1) is 11.3. The molecule has 0 unspecified atom stereocenters. The molecule has 0 atom stereocenters. The molecule has 4 nitrogen and oxygen atoms in total. The van der Waals surface area contributed by atoms with E-state index in [1.54, 1.807) is 18.3 Å². The second kappa shape index (κ2) is 9.51. The first-order valence-corrected chi connectivity index (χ1v) is 7.99. The van der Waals surface area contributed by atoms with Crippen molar-refractivity contribution in [3.63, 3.8) is 0 Å². The van der Waals surface area contributed by atoms with E-state index in [1.165, 1.54) is 5.56 Å². The van der Waals surface area contributed by atoms with Gasteiger partial charge in [0.05, 0.1) is 0 Å². The average molecular weight is 310 g/mol. The van der Waals surface area contributed by atoms with E-state index in [4.69, 9.17) is 0 Å². The predicted octanol–water partition coefficient (Wildman–Crippen LogP) is 3.18. The third-order valence-corrected chi connectivity index (χ3v) is 3.59. The maximum absolute atomic E-state index is 11.9. The second-order valence-electron chi connectivity index (χ2n) is 5.46. The quantitative estimate of drug-likeness (QED) is 0.571. The van der Waals surface area contributed by atoms with Crippen LogP contribution in [0.2, 0.25) is 0 Å². The minimum absolute atomic E-state index is 0.0112. The molecule has 4 heteroatoms. The normalized spacial score (nSPS) is 10.3. The number of benzene rings is 1. The zero-order valence-electron chi connectivity index (χ0n) is 13.2. The Morgan fingerprint density at radius 2 is 1.78 bits per heavy atom. The lowest BCUT2D eigenvalue weighted by molar-refractivity contribution is -0.121. The average Bonchev–Trinajstić information content (AvgIpc) is 2.60. The number of pyridine rings is 1. The van der Waals surface area contributed by atoms with E-state index in [0.717, 1.165) is 12.8 Å². The number of ketones is 1. The Morgan fingerprint density at radius 1 is 0.957 bits per heavy atom. The highest BCUT2D eigenvalue weighted by atomic mass is 16.1. The summed E-state index contributed by atoms with van der Waals surface area (Å²) in [6.07, 6.45) is 6.78. The van der Waals surface area contributed by atoms with Crippen molar-refractivity contribution in [2.24, 2.45) is 0 Å². The molecule has 0 aliphatic heterocycles. The number of carbonyl (C=O) groups excluding carboxylic acids is 2. The molecule has 120 valence electrons. The van der Waals surface area contributed by atoms with E-state index in [9.17, 15) is 9.59 Å². The standard InChI is InChI=1S/C19H22N2O2/c22-18(17-9-2-1-3-10-17)11-4-12-19(23)21-14-6-8-16-7-5-13-20-15-16/h1-3,5,7,9-10,13,15H,4,6,8,11-12,14H2,(H,21,23). The van der Waals surface area contributed by atoms with Gasteiger partial charge in [-0.3, -0.25) is 14.6 Å². The number of rotatable bonds is 9. The van der Waals surface area contributed by atoms with Gasteiger partial charge in [0.25, 0.3) is 0 Å². The SMILES string of the molecule is O=C(CCCC(=O)c1ccccc1)NCCCc1cccnc1. The molecule has 23 heavy (non-hydrogen) atoms. The van der Waals surface area contributed by atoms with E-state index in [2.05, 4.69) is 10.3 Å². The molecule has 2 rings (SSSR count). The van der Waals surface area contributed by atoms with E-state index >= 15 is 0 Å². The van der Waals surface area contributed by atoms with E-state index in [0.29, 0.717) is 31.4 Å². The molecule has 0 radical (unpaired) electrons. The van der Waals surface area contributed by atoms with Gasteiger partial charge in [0.2, 0.25) is 5.91 Å². The van der Waals surface area contributed by atoms with E-state index < -0.39 is 0 Å². The van der Waals surface area contributed by atoms with Gasteiger partial charge < -0.3 is 5.32 Å². The highest BCUT2D eigenvalue weighted by Gasteiger charge is 2.07. The molecule has 0 fully saturated rings. The molecule has 0 spiro atoms. The van der Waals surface area contributed by atoms with Crippen molar-refractivity contribution in [3.8, 4) is 0 Å². The lowest BCUT2D eigenvalue weighted by Gasteiger charge is -2.05. The lowest BCUT2D eigenvalue weighted by Crippen LogP contribution is -2.24. The van der Waals surface area contributed by atoms with Gasteiger partial charge in [0, 0.05) is 37.3 Å². The first-order valence-electron chi connectivity index (χ1n) is 7.99. The van der Waals surface area contributed by atoms with Gasteiger partial charge >= 0.3 is 0 Å². The molecule has 1 heterocycles. The summed E-state index contributed by atoms with van der Waals surface area (Å²) in [7, 11) is 0. The Labute approximate surface area is 137 Å². The van der Waals surface area contributed by atoms with Crippen LogP contribution in [-0.2, 0) is 11.2 Å². The Balaban J connectivity index is 1.56. The van der Waals surface area contributed by atoms with Gasteiger partial charge in [0.1, 0.15) is 0 Å². The van der Waals surface area contributed by atoms with E-state index in [-0.39, 0.29) is 11.7 Å². The summed E-state index contributed by atoms with van der Waals surface area (Å²) < 4.78 is 0. The number of hydrogen-bond acceptors (Lipinski definition) is 3. The number of hydrogen-bond donors (Lipinski definition) is 1. The lowest BCUT2D eigenvalue weighted by atomic mass is 10.1. The Kier molecular flexibility index (Phi) is 6.98. The van der Waals surface area contributed by atoms with Crippen LogP contribution in [0.3, 0.4) is 0 Å². The van der Waals surface area contributed by atoms with Gasteiger partial charge in [-0.15, -0.1) is 0 Å². The van der Waals surface area contributed by atoms with Gasteiger partial charge in [-0.05, 0) is 30.9 Å². The van der Waals surface area contributed by atoms with Crippen LogP contribution in [0.15, 0.2) is 54.9 Å². The molecule has 1 N–H and O–H groups in total. The van der Waals surface area contributed by atoms with Crippen LogP contribution in [0.25, 0.3) is 0 Å². The van der Waals surface area contributed by atoms with Gasteiger partial charge in [0.15, 0.2) is 5.78 Å². The Hall–Kier alpha value is -2.49. The molecule has 0 saturated heterocycles. The van der Waals surface area contributed by atoms with Gasteiger partial charge in [-0.1, -0.05) is 36.4 Å². The summed E-state index contributed by atoms with van der Waals surface area (Å²) in [6.45, 7) is 0.653. The maximum atomic E-state index is 11.9.